The number of aryl methyl sites for hydroxylation is 1. The molecule has 2 aromatic rings. The maximum absolute atomic E-state index is 11.3. The van der Waals surface area contributed by atoms with E-state index in [1.807, 2.05) is 19.1 Å². The quantitative estimate of drug-likeness (QED) is 0.639. The fourth-order valence-corrected chi connectivity index (χ4v) is 1.92. The third kappa shape index (κ3) is 3.13. The molecule has 1 aromatic carbocycles. The maximum Gasteiger partial charge on any atom is 0.336 e. The highest BCUT2D eigenvalue weighted by atomic mass is 79.9. The summed E-state index contributed by atoms with van der Waals surface area (Å²) in [5, 5.41) is 0.941. The van der Waals surface area contributed by atoms with Gasteiger partial charge in [-0.25, -0.2) is 4.79 Å². The van der Waals surface area contributed by atoms with Gasteiger partial charge in [-0.1, -0.05) is 22.9 Å². The summed E-state index contributed by atoms with van der Waals surface area (Å²) in [5.41, 5.74) is 1.16. The van der Waals surface area contributed by atoms with Crippen LogP contribution in [0.3, 0.4) is 0 Å². The SMILES string of the molecule is Cc1cc(=O)oc2cc(OCCC(C)Br)ccc12. The summed E-state index contributed by atoms with van der Waals surface area (Å²) in [4.78, 5) is 11.7. The van der Waals surface area contributed by atoms with Gasteiger partial charge in [-0.05, 0) is 31.0 Å². The van der Waals surface area contributed by atoms with E-state index in [4.69, 9.17) is 9.15 Å². The third-order valence-electron chi connectivity index (χ3n) is 2.71. The zero-order chi connectivity index (χ0) is 13.1. The highest BCUT2D eigenvalue weighted by Gasteiger charge is 2.04. The van der Waals surface area contributed by atoms with Gasteiger partial charge >= 0.3 is 5.63 Å². The molecule has 1 heterocycles. The first-order chi connectivity index (χ1) is 8.56. The van der Waals surface area contributed by atoms with Crippen molar-refractivity contribution >= 4 is 26.9 Å². The lowest BCUT2D eigenvalue weighted by atomic mass is 10.1. The monoisotopic (exact) mass is 310 g/mol. The molecule has 0 radical (unpaired) electrons. The highest BCUT2D eigenvalue weighted by Crippen LogP contribution is 2.22. The fourth-order valence-electron chi connectivity index (χ4n) is 1.73. The molecule has 18 heavy (non-hydrogen) atoms. The molecule has 96 valence electrons. The van der Waals surface area contributed by atoms with Crippen molar-refractivity contribution in [2.45, 2.75) is 25.1 Å². The zero-order valence-electron chi connectivity index (χ0n) is 10.4. The van der Waals surface area contributed by atoms with Crippen LogP contribution in [0, 0.1) is 6.92 Å². The average Bonchev–Trinajstić information content (AvgIpc) is 2.27. The predicted octanol–water partition coefficient (Wildman–Crippen LogP) is 3.65. The summed E-state index contributed by atoms with van der Waals surface area (Å²) in [6, 6.07) is 7.08. The second-order valence-electron chi connectivity index (χ2n) is 4.32. The van der Waals surface area contributed by atoms with Gasteiger partial charge in [0.1, 0.15) is 11.3 Å². The zero-order valence-corrected chi connectivity index (χ0v) is 12.0. The van der Waals surface area contributed by atoms with Crippen LogP contribution in [-0.2, 0) is 0 Å². The number of fused-ring (bicyclic) bond motifs is 1. The normalized spacial score (nSPS) is 12.6. The second-order valence-corrected chi connectivity index (χ2v) is 5.89. The summed E-state index contributed by atoms with van der Waals surface area (Å²) in [6.45, 7) is 4.60. The lowest BCUT2D eigenvalue weighted by Gasteiger charge is -2.08. The molecule has 0 aliphatic rings. The average molecular weight is 311 g/mol. The van der Waals surface area contributed by atoms with Crippen molar-refractivity contribution in [1.29, 1.82) is 0 Å². The first-order valence-electron chi connectivity index (χ1n) is 5.87. The smallest absolute Gasteiger partial charge is 0.336 e. The minimum absolute atomic E-state index is 0.328. The van der Waals surface area contributed by atoms with Gasteiger partial charge in [0.2, 0.25) is 0 Å². The second kappa shape index (κ2) is 5.57. The molecule has 0 spiro atoms. The van der Waals surface area contributed by atoms with Crippen molar-refractivity contribution in [1.82, 2.24) is 0 Å². The Morgan fingerprint density at radius 1 is 1.39 bits per heavy atom. The van der Waals surface area contributed by atoms with Crippen molar-refractivity contribution in [2.24, 2.45) is 0 Å². The van der Waals surface area contributed by atoms with Gasteiger partial charge in [-0.3, -0.25) is 0 Å². The Hall–Kier alpha value is -1.29. The molecule has 0 N–H and O–H groups in total. The van der Waals surface area contributed by atoms with Crippen molar-refractivity contribution in [3.05, 3.63) is 40.2 Å². The number of alkyl halides is 1. The van der Waals surface area contributed by atoms with Gasteiger partial charge in [0.15, 0.2) is 0 Å². The van der Waals surface area contributed by atoms with E-state index in [0.717, 1.165) is 23.1 Å². The van der Waals surface area contributed by atoms with Crippen LogP contribution in [0.2, 0.25) is 0 Å². The third-order valence-corrected chi connectivity index (χ3v) is 3.17. The molecule has 3 nitrogen and oxygen atoms in total. The van der Waals surface area contributed by atoms with E-state index in [2.05, 4.69) is 22.9 Å². The minimum atomic E-state index is -0.328. The Bertz CT molecular complexity index is 602. The summed E-state index contributed by atoms with van der Waals surface area (Å²) in [6.07, 6.45) is 0.926. The van der Waals surface area contributed by atoms with E-state index in [0.29, 0.717) is 17.0 Å². The number of halogens is 1. The topological polar surface area (TPSA) is 39.4 Å². The molecule has 0 aliphatic heterocycles. The molecule has 4 heteroatoms. The van der Waals surface area contributed by atoms with Crippen LogP contribution < -0.4 is 10.4 Å². The first kappa shape index (κ1) is 13.1. The van der Waals surface area contributed by atoms with Gasteiger partial charge in [0, 0.05) is 22.3 Å². The van der Waals surface area contributed by atoms with Gasteiger partial charge in [-0.15, -0.1) is 0 Å². The van der Waals surface area contributed by atoms with Gasteiger partial charge in [0.25, 0.3) is 0 Å². The van der Waals surface area contributed by atoms with E-state index in [-0.39, 0.29) is 5.63 Å². The summed E-state index contributed by atoms with van der Waals surface area (Å²) >= 11 is 3.47. The molecule has 1 aromatic heterocycles. The van der Waals surface area contributed by atoms with Crippen LogP contribution in [0.5, 0.6) is 5.75 Å². The van der Waals surface area contributed by atoms with E-state index in [9.17, 15) is 4.79 Å². The van der Waals surface area contributed by atoms with Crippen molar-refractivity contribution in [3.8, 4) is 5.75 Å². The Kier molecular flexibility index (Phi) is 4.07. The molecule has 1 atom stereocenters. The van der Waals surface area contributed by atoms with Gasteiger partial charge in [0.05, 0.1) is 6.61 Å². The fraction of sp³-hybridized carbons (Fsp3) is 0.357. The highest BCUT2D eigenvalue weighted by molar-refractivity contribution is 9.09. The molecular weight excluding hydrogens is 296 g/mol. The van der Waals surface area contributed by atoms with Crippen molar-refractivity contribution in [2.75, 3.05) is 6.61 Å². The van der Waals surface area contributed by atoms with Crippen LogP contribution in [0.1, 0.15) is 18.9 Å². The van der Waals surface area contributed by atoms with Crippen LogP contribution >= 0.6 is 15.9 Å². The number of ether oxygens (including phenoxy) is 1. The molecule has 0 saturated carbocycles. The Balaban J connectivity index is 2.24. The lowest BCUT2D eigenvalue weighted by molar-refractivity contribution is 0.312. The molecule has 0 fully saturated rings. The van der Waals surface area contributed by atoms with E-state index >= 15 is 0 Å². The van der Waals surface area contributed by atoms with Gasteiger partial charge < -0.3 is 9.15 Å². The Morgan fingerprint density at radius 2 is 2.17 bits per heavy atom. The molecule has 0 amide bonds. The summed E-state index contributed by atoms with van der Waals surface area (Å²) < 4.78 is 10.8. The van der Waals surface area contributed by atoms with E-state index < -0.39 is 0 Å². The van der Waals surface area contributed by atoms with Crippen molar-refractivity contribution < 1.29 is 9.15 Å². The molecule has 2 rings (SSSR count). The molecular formula is C14H15BrO3. The Morgan fingerprint density at radius 3 is 2.89 bits per heavy atom. The van der Waals surface area contributed by atoms with Crippen LogP contribution in [0.4, 0.5) is 0 Å². The largest absolute Gasteiger partial charge is 0.493 e. The van der Waals surface area contributed by atoms with Gasteiger partial charge in [-0.2, -0.15) is 0 Å². The maximum atomic E-state index is 11.3. The molecule has 0 saturated heterocycles. The summed E-state index contributed by atoms with van der Waals surface area (Å²) in [5.74, 6) is 0.726. The Labute approximate surface area is 114 Å². The first-order valence-corrected chi connectivity index (χ1v) is 6.79. The standard InChI is InChI=1S/C14H15BrO3/c1-9-7-14(16)18-13-8-11(3-4-12(9)13)17-6-5-10(2)15/h3-4,7-8,10H,5-6H2,1-2H3. The summed E-state index contributed by atoms with van der Waals surface area (Å²) in [7, 11) is 0. The molecule has 0 aliphatic carbocycles. The number of benzene rings is 1. The van der Waals surface area contributed by atoms with Crippen LogP contribution in [0.25, 0.3) is 11.0 Å². The number of hydrogen-bond acceptors (Lipinski definition) is 3. The minimum Gasteiger partial charge on any atom is -0.493 e. The van der Waals surface area contributed by atoms with E-state index in [1.54, 1.807) is 6.07 Å². The molecule has 0 bridgehead atoms. The van der Waals surface area contributed by atoms with Crippen molar-refractivity contribution in [3.63, 3.8) is 0 Å². The number of rotatable bonds is 4. The predicted molar refractivity (Wildman–Crippen MR) is 75.7 cm³/mol. The van der Waals surface area contributed by atoms with E-state index in [1.165, 1.54) is 6.07 Å². The number of hydrogen-bond donors (Lipinski definition) is 0. The van der Waals surface area contributed by atoms with Crippen LogP contribution in [-0.4, -0.2) is 11.4 Å². The lowest BCUT2D eigenvalue weighted by Crippen LogP contribution is -2.03. The van der Waals surface area contributed by atoms with Crippen LogP contribution in [0.15, 0.2) is 33.5 Å². The molecule has 1 unspecified atom stereocenters.